The maximum absolute atomic E-state index is 12.4. The average molecular weight is 452 g/mol. The fourth-order valence-corrected chi connectivity index (χ4v) is 3.62. The molecule has 0 radical (unpaired) electrons. The summed E-state index contributed by atoms with van der Waals surface area (Å²) in [7, 11) is 0. The normalized spacial score (nSPS) is 14.0. The van der Waals surface area contributed by atoms with Crippen molar-refractivity contribution in [3.05, 3.63) is 87.9 Å². The van der Waals surface area contributed by atoms with E-state index in [2.05, 4.69) is 41.2 Å². The lowest BCUT2D eigenvalue weighted by Gasteiger charge is -2.18. The van der Waals surface area contributed by atoms with Gasteiger partial charge in [-0.05, 0) is 61.9 Å². The topological polar surface area (TPSA) is 47.6 Å². The summed E-state index contributed by atoms with van der Waals surface area (Å²) in [6.45, 7) is 4.57. The summed E-state index contributed by atoms with van der Waals surface area (Å²) >= 11 is 3.39. The van der Waals surface area contributed by atoms with Crippen LogP contribution in [-0.2, 0) is 13.0 Å². The first-order valence-corrected chi connectivity index (χ1v) is 10.3. The molecule has 0 saturated carbocycles. The molecule has 1 aliphatic rings. The number of para-hydroxylation sites is 1. The Morgan fingerprint density at radius 1 is 1.07 bits per heavy atom. The van der Waals surface area contributed by atoms with Gasteiger partial charge in [0.15, 0.2) is 11.5 Å². The number of amides is 1. The molecule has 0 spiro atoms. The van der Waals surface area contributed by atoms with Gasteiger partial charge in [0.25, 0.3) is 5.91 Å². The van der Waals surface area contributed by atoms with Crippen molar-refractivity contribution in [1.82, 2.24) is 0 Å². The fraction of sp³-hybridized carbons (Fsp3) is 0.208. The number of carbonyl (C=O) groups excluding carboxylic acids is 1. The van der Waals surface area contributed by atoms with Gasteiger partial charge in [-0.15, -0.1) is 0 Å². The van der Waals surface area contributed by atoms with Crippen LogP contribution in [0.15, 0.2) is 71.2 Å². The Balaban J connectivity index is 1.39. The maximum atomic E-state index is 12.4. The Bertz CT molecular complexity index is 1030. The van der Waals surface area contributed by atoms with Gasteiger partial charge in [-0.3, -0.25) is 4.79 Å². The number of fused-ring (bicyclic) bond motifs is 1. The molecule has 0 atom stereocenters. The van der Waals surface area contributed by atoms with Crippen LogP contribution in [0.4, 0.5) is 5.69 Å². The van der Waals surface area contributed by atoms with Gasteiger partial charge in [0.1, 0.15) is 12.2 Å². The average Bonchev–Trinajstić information content (AvgIpc) is 3.03. The molecule has 4 rings (SSSR count). The molecule has 29 heavy (non-hydrogen) atoms. The maximum Gasteiger partial charge on any atom is 0.255 e. The molecular weight excluding hydrogens is 430 g/mol. The first-order chi connectivity index (χ1) is 13.9. The summed E-state index contributed by atoms with van der Waals surface area (Å²) in [6.07, 6.45) is 0.877. The standard InChI is InChI=1S/C24H22BrNO3/c1-24(2)14-18-4-3-5-21(22(18)29-24)28-15-16-6-8-17(9-7-16)23(27)26-20-12-10-19(25)11-13-20/h3-13H,14-15H2,1-2H3,(H,26,27). The van der Waals surface area contributed by atoms with E-state index in [-0.39, 0.29) is 11.5 Å². The number of ether oxygens (including phenoxy) is 2. The van der Waals surface area contributed by atoms with Crippen LogP contribution in [0.25, 0.3) is 0 Å². The predicted octanol–water partition coefficient (Wildman–Crippen LogP) is 5.99. The van der Waals surface area contributed by atoms with Crippen molar-refractivity contribution in [2.45, 2.75) is 32.5 Å². The molecule has 4 nitrogen and oxygen atoms in total. The predicted molar refractivity (Wildman–Crippen MR) is 118 cm³/mol. The molecule has 3 aromatic rings. The van der Waals surface area contributed by atoms with Gasteiger partial charge < -0.3 is 14.8 Å². The van der Waals surface area contributed by atoms with Gasteiger partial charge >= 0.3 is 0 Å². The Kier molecular flexibility index (Phi) is 5.33. The zero-order chi connectivity index (χ0) is 20.4. The third kappa shape index (κ3) is 4.62. The third-order valence-electron chi connectivity index (χ3n) is 4.77. The number of halogens is 1. The summed E-state index contributed by atoms with van der Waals surface area (Å²) in [5, 5.41) is 2.89. The molecule has 1 aliphatic heterocycles. The summed E-state index contributed by atoms with van der Waals surface area (Å²) in [5.74, 6) is 1.45. The number of benzene rings is 3. The summed E-state index contributed by atoms with van der Waals surface area (Å²) in [5.41, 5.74) is 3.31. The summed E-state index contributed by atoms with van der Waals surface area (Å²) in [4.78, 5) is 12.4. The fourth-order valence-electron chi connectivity index (χ4n) is 3.35. The minimum atomic E-state index is -0.203. The molecule has 5 heteroatoms. The van der Waals surface area contributed by atoms with E-state index in [1.165, 1.54) is 5.56 Å². The van der Waals surface area contributed by atoms with Crippen LogP contribution < -0.4 is 14.8 Å². The lowest BCUT2D eigenvalue weighted by atomic mass is 10.0. The molecule has 1 amide bonds. The largest absolute Gasteiger partial charge is 0.485 e. The van der Waals surface area contributed by atoms with Gasteiger partial charge in [0.05, 0.1) is 0 Å². The van der Waals surface area contributed by atoms with Crippen LogP contribution >= 0.6 is 15.9 Å². The van der Waals surface area contributed by atoms with Crippen molar-refractivity contribution < 1.29 is 14.3 Å². The van der Waals surface area contributed by atoms with Crippen LogP contribution in [0, 0.1) is 0 Å². The third-order valence-corrected chi connectivity index (χ3v) is 5.30. The number of carbonyl (C=O) groups is 1. The molecule has 0 aliphatic carbocycles. The highest BCUT2D eigenvalue weighted by atomic mass is 79.9. The van der Waals surface area contributed by atoms with E-state index in [0.29, 0.717) is 12.2 Å². The van der Waals surface area contributed by atoms with Crippen molar-refractivity contribution in [3.8, 4) is 11.5 Å². The van der Waals surface area contributed by atoms with Gasteiger partial charge in [-0.1, -0.05) is 40.2 Å². The van der Waals surface area contributed by atoms with Crippen LogP contribution in [0.2, 0.25) is 0 Å². The molecule has 1 N–H and O–H groups in total. The van der Waals surface area contributed by atoms with Crippen molar-refractivity contribution in [3.63, 3.8) is 0 Å². The van der Waals surface area contributed by atoms with Gasteiger partial charge in [-0.2, -0.15) is 0 Å². The van der Waals surface area contributed by atoms with Crippen LogP contribution in [-0.4, -0.2) is 11.5 Å². The summed E-state index contributed by atoms with van der Waals surface area (Å²) < 4.78 is 13.0. The lowest BCUT2D eigenvalue weighted by molar-refractivity contribution is 0.102. The first-order valence-electron chi connectivity index (χ1n) is 9.49. The highest BCUT2D eigenvalue weighted by molar-refractivity contribution is 9.10. The second kappa shape index (κ2) is 7.91. The van der Waals surface area contributed by atoms with E-state index in [1.807, 2.05) is 60.7 Å². The number of hydrogen-bond donors (Lipinski definition) is 1. The monoisotopic (exact) mass is 451 g/mol. The van der Waals surface area contributed by atoms with Gasteiger partial charge in [0, 0.05) is 27.7 Å². The van der Waals surface area contributed by atoms with Crippen molar-refractivity contribution in [2.75, 3.05) is 5.32 Å². The Hall–Kier alpha value is -2.79. The van der Waals surface area contributed by atoms with E-state index in [4.69, 9.17) is 9.47 Å². The van der Waals surface area contributed by atoms with Crippen LogP contribution in [0.1, 0.15) is 35.3 Å². The van der Waals surface area contributed by atoms with Crippen molar-refractivity contribution >= 4 is 27.5 Å². The molecule has 0 fully saturated rings. The first kappa shape index (κ1) is 19.5. The van der Waals surface area contributed by atoms with Crippen molar-refractivity contribution in [2.24, 2.45) is 0 Å². The number of nitrogens with one attached hydrogen (secondary N) is 1. The molecule has 0 bridgehead atoms. The van der Waals surface area contributed by atoms with Gasteiger partial charge in [-0.25, -0.2) is 0 Å². The molecule has 0 unspecified atom stereocenters. The van der Waals surface area contributed by atoms with Crippen LogP contribution in [0.3, 0.4) is 0 Å². The van der Waals surface area contributed by atoms with Gasteiger partial charge in [0.2, 0.25) is 0 Å². The number of anilines is 1. The molecule has 0 aromatic heterocycles. The smallest absolute Gasteiger partial charge is 0.255 e. The quantitative estimate of drug-likeness (QED) is 0.517. The minimum absolute atomic E-state index is 0.142. The Morgan fingerprint density at radius 2 is 1.79 bits per heavy atom. The van der Waals surface area contributed by atoms with E-state index in [9.17, 15) is 4.79 Å². The molecule has 148 valence electrons. The zero-order valence-electron chi connectivity index (χ0n) is 16.4. The number of hydrogen-bond acceptors (Lipinski definition) is 3. The van der Waals surface area contributed by atoms with E-state index < -0.39 is 0 Å². The van der Waals surface area contributed by atoms with E-state index >= 15 is 0 Å². The molecule has 3 aromatic carbocycles. The molecule has 0 saturated heterocycles. The van der Waals surface area contributed by atoms with E-state index in [0.717, 1.165) is 33.6 Å². The van der Waals surface area contributed by atoms with Crippen molar-refractivity contribution in [1.29, 1.82) is 0 Å². The van der Waals surface area contributed by atoms with Crippen LogP contribution in [0.5, 0.6) is 11.5 Å². The highest BCUT2D eigenvalue weighted by Gasteiger charge is 2.32. The SMILES string of the molecule is CC1(C)Cc2cccc(OCc3ccc(C(=O)Nc4ccc(Br)cc4)cc3)c2O1. The minimum Gasteiger partial charge on any atom is -0.485 e. The second-order valence-electron chi connectivity index (χ2n) is 7.73. The zero-order valence-corrected chi connectivity index (χ0v) is 18.0. The Morgan fingerprint density at radius 3 is 2.52 bits per heavy atom. The number of rotatable bonds is 5. The molecule has 1 heterocycles. The Labute approximate surface area is 179 Å². The highest BCUT2D eigenvalue weighted by Crippen LogP contribution is 2.41. The molecular formula is C24H22BrNO3. The summed E-state index contributed by atoms with van der Waals surface area (Å²) in [6, 6.07) is 20.9. The lowest BCUT2D eigenvalue weighted by Crippen LogP contribution is -2.24. The second-order valence-corrected chi connectivity index (χ2v) is 8.65. The van der Waals surface area contributed by atoms with E-state index in [1.54, 1.807) is 0 Å².